The molecule has 9 heteroatoms. The van der Waals surface area contributed by atoms with E-state index in [1.165, 1.54) is 0 Å². The summed E-state index contributed by atoms with van der Waals surface area (Å²) in [4.78, 5) is 16.7. The Morgan fingerprint density at radius 1 is 1.27 bits per heavy atom. The van der Waals surface area contributed by atoms with Crippen LogP contribution < -0.4 is 9.64 Å². The highest BCUT2D eigenvalue weighted by Crippen LogP contribution is 2.40. The zero-order chi connectivity index (χ0) is 18.4. The van der Waals surface area contributed by atoms with Crippen molar-refractivity contribution in [2.24, 2.45) is 0 Å². The summed E-state index contributed by atoms with van der Waals surface area (Å²) in [5, 5.41) is 10.4. The molecule has 0 amide bonds. The Balaban J connectivity index is 1.48. The molecule has 4 rings (SSSR count). The molecule has 3 saturated heterocycles. The fraction of sp³-hybridized carbons (Fsp3) is 0.824. The van der Waals surface area contributed by atoms with Gasteiger partial charge in [-0.3, -0.25) is 4.90 Å². The number of aromatic nitrogens is 3. The van der Waals surface area contributed by atoms with Gasteiger partial charge in [-0.2, -0.15) is 15.0 Å². The second-order valence-electron chi connectivity index (χ2n) is 8.07. The number of piperidine rings is 1. The van der Waals surface area contributed by atoms with Crippen LogP contribution in [0.3, 0.4) is 0 Å². The van der Waals surface area contributed by atoms with E-state index in [9.17, 15) is 9.50 Å². The van der Waals surface area contributed by atoms with Gasteiger partial charge in [0.25, 0.3) is 0 Å². The minimum Gasteiger partial charge on any atom is -0.461 e. The van der Waals surface area contributed by atoms with E-state index in [2.05, 4.69) is 19.9 Å². The molecule has 0 radical (unpaired) electrons. The molecule has 0 aromatic carbocycles. The van der Waals surface area contributed by atoms with Gasteiger partial charge < -0.3 is 14.7 Å². The Bertz CT molecular complexity index is 679. The van der Waals surface area contributed by atoms with Crippen molar-refractivity contribution in [3.63, 3.8) is 0 Å². The maximum Gasteiger partial charge on any atom is 0.322 e. The lowest BCUT2D eigenvalue weighted by atomic mass is 9.95. The largest absolute Gasteiger partial charge is 0.461 e. The average Bonchev–Trinajstić information content (AvgIpc) is 3.07. The van der Waals surface area contributed by atoms with Gasteiger partial charge in [0.1, 0.15) is 12.8 Å². The van der Waals surface area contributed by atoms with Gasteiger partial charge in [0.15, 0.2) is 0 Å². The van der Waals surface area contributed by atoms with E-state index >= 15 is 0 Å². The molecular formula is C17H25ClFN5O2. The quantitative estimate of drug-likeness (QED) is 0.847. The van der Waals surface area contributed by atoms with Gasteiger partial charge in [0.05, 0.1) is 11.1 Å². The Kier molecular flexibility index (Phi) is 4.69. The van der Waals surface area contributed by atoms with Gasteiger partial charge in [0.2, 0.25) is 11.2 Å². The van der Waals surface area contributed by atoms with E-state index in [1.807, 2.05) is 4.90 Å². The number of nitrogens with zero attached hydrogens (tertiary/aromatic N) is 5. The minimum atomic E-state index is -0.799. The number of aliphatic hydroxyl groups is 1. The normalized spacial score (nSPS) is 34.9. The van der Waals surface area contributed by atoms with Gasteiger partial charge in [-0.15, -0.1) is 0 Å². The van der Waals surface area contributed by atoms with E-state index < -0.39 is 11.8 Å². The van der Waals surface area contributed by atoms with Gasteiger partial charge in [-0.05, 0) is 50.8 Å². The van der Waals surface area contributed by atoms with Crippen LogP contribution in [0.2, 0.25) is 5.28 Å². The van der Waals surface area contributed by atoms with E-state index in [-0.39, 0.29) is 16.8 Å². The maximum atomic E-state index is 13.9. The summed E-state index contributed by atoms with van der Waals surface area (Å²) in [6.07, 6.45) is 3.27. The zero-order valence-electron chi connectivity index (χ0n) is 15.0. The molecule has 3 atom stereocenters. The topological polar surface area (TPSA) is 74.6 Å². The van der Waals surface area contributed by atoms with Crippen molar-refractivity contribution >= 4 is 17.5 Å². The molecule has 0 bridgehead atoms. The molecule has 7 nitrogen and oxygen atoms in total. The Morgan fingerprint density at radius 3 is 2.88 bits per heavy atom. The van der Waals surface area contributed by atoms with Crippen molar-refractivity contribution in [3.8, 4) is 6.01 Å². The minimum absolute atomic E-state index is 0.0609. The second kappa shape index (κ2) is 6.73. The number of ether oxygens (including phenoxy) is 1. The van der Waals surface area contributed by atoms with Crippen LogP contribution in [0.25, 0.3) is 0 Å². The molecule has 0 aliphatic carbocycles. The van der Waals surface area contributed by atoms with Crippen molar-refractivity contribution in [1.82, 2.24) is 19.9 Å². The first kappa shape index (κ1) is 18.1. The standard InChI is InChI=1S/C17H25ClFN5O2/c1-16(25)4-2-6-23(10-16)14-20-13(18)21-15(22-14)26-11-17-5-3-7-24(17)9-12(19)8-17/h12,25H,2-11H2,1H3/t12-,16-,17+/m1/s1. The summed E-state index contributed by atoms with van der Waals surface area (Å²) >= 11 is 6.07. The first-order valence-electron chi connectivity index (χ1n) is 9.26. The highest BCUT2D eigenvalue weighted by Gasteiger charge is 2.49. The van der Waals surface area contributed by atoms with Crippen LogP contribution in [0, 0.1) is 0 Å². The van der Waals surface area contributed by atoms with Crippen LogP contribution in [-0.2, 0) is 0 Å². The van der Waals surface area contributed by atoms with E-state index in [0.717, 1.165) is 38.8 Å². The third-order valence-corrected chi connectivity index (χ3v) is 5.93. The van der Waals surface area contributed by atoms with Crippen molar-refractivity contribution in [3.05, 3.63) is 5.28 Å². The van der Waals surface area contributed by atoms with E-state index in [4.69, 9.17) is 16.3 Å². The predicted molar refractivity (Wildman–Crippen MR) is 95.5 cm³/mol. The highest BCUT2D eigenvalue weighted by molar-refractivity contribution is 6.28. The molecule has 26 heavy (non-hydrogen) atoms. The summed E-state index contributed by atoms with van der Waals surface area (Å²) in [5.41, 5.74) is -1.03. The fourth-order valence-corrected chi connectivity index (χ4v) is 4.71. The number of hydrogen-bond donors (Lipinski definition) is 1. The van der Waals surface area contributed by atoms with Gasteiger partial charge in [-0.1, -0.05) is 0 Å². The number of anilines is 1. The fourth-order valence-electron chi connectivity index (χ4n) is 4.57. The zero-order valence-corrected chi connectivity index (χ0v) is 15.8. The third-order valence-electron chi connectivity index (χ3n) is 5.76. The highest BCUT2D eigenvalue weighted by atomic mass is 35.5. The van der Waals surface area contributed by atoms with Crippen LogP contribution in [0.1, 0.15) is 39.0 Å². The predicted octanol–water partition coefficient (Wildman–Crippen LogP) is 1.83. The summed E-state index contributed by atoms with van der Waals surface area (Å²) in [5.74, 6) is 0.413. The SMILES string of the molecule is C[C@@]1(O)CCCN(c2nc(Cl)nc(OC[C@@]34CCCN3C[C@H](F)C4)n2)C1. The number of halogens is 2. The Hall–Kier alpha value is -1.25. The molecule has 0 unspecified atom stereocenters. The maximum absolute atomic E-state index is 13.9. The number of hydrogen-bond acceptors (Lipinski definition) is 7. The lowest BCUT2D eigenvalue weighted by Crippen LogP contribution is -2.47. The van der Waals surface area contributed by atoms with Crippen molar-refractivity contribution in [1.29, 1.82) is 0 Å². The first-order chi connectivity index (χ1) is 12.4. The van der Waals surface area contributed by atoms with Gasteiger partial charge >= 0.3 is 6.01 Å². The second-order valence-corrected chi connectivity index (χ2v) is 8.41. The van der Waals surface area contributed by atoms with Crippen molar-refractivity contribution in [2.75, 3.05) is 37.7 Å². The first-order valence-corrected chi connectivity index (χ1v) is 9.64. The molecule has 1 aromatic heterocycles. The summed E-state index contributed by atoms with van der Waals surface area (Å²) in [6.45, 7) is 4.74. The van der Waals surface area contributed by atoms with Gasteiger partial charge in [-0.25, -0.2) is 4.39 Å². The average molecular weight is 386 g/mol. The molecule has 1 aromatic rings. The molecule has 0 spiro atoms. The number of alkyl halides is 1. The summed E-state index contributed by atoms with van der Waals surface area (Å²) < 4.78 is 19.7. The monoisotopic (exact) mass is 385 g/mol. The Morgan fingerprint density at radius 2 is 2.08 bits per heavy atom. The van der Waals surface area contributed by atoms with Crippen molar-refractivity contribution < 1.29 is 14.2 Å². The number of β-amino-alcohol motifs (C(OH)–C–C–N with tert-alkyl or cyclic N) is 1. The van der Waals surface area contributed by atoms with Crippen LogP contribution >= 0.6 is 11.6 Å². The lowest BCUT2D eigenvalue weighted by molar-refractivity contribution is 0.0443. The molecule has 1 N–H and O–H groups in total. The van der Waals surface area contributed by atoms with Gasteiger partial charge in [0, 0.05) is 26.1 Å². The van der Waals surface area contributed by atoms with Crippen LogP contribution in [0.5, 0.6) is 6.01 Å². The van der Waals surface area contributed by atoms with Crippen LogP contribution in [0.15, 0.2) is 0 Å². The van der Waals surface area contributed by atoms with E-state index in [1.54, 1.807) is 6.92 Å². The molecule has 0 saturated carbocycles. The molecule has 3 fully saturated rings. The number of rotatable bonds is 4. The molecule has 3 aliphatic rings. The summed E-state index contributed by atoms with van der Waals surface area (Å²) in [6, 6.07) is 0.161. The summed E-state index contributed by atoms with van der Waals surface area (Å²) in [7, 11) is 0. The molecular weight excluding hydrogens is 361 g/mol. The smallest absolute Gasteiger partial charge is 0.322 e. The number of fused-ring (bicyclic) bond motifs is 1. The Labute approximate surface area is 157 Å². The molecule has 144 valence electrons. The van der Waals surface area contributed by atoms with Crippen molar-refractivity contribution in [2.45, 2.75) is 56.3 Å². The van der Waals surface area contributed by atoms with E-state index in [0.29, 0.717) is 32.1 Å². The molecule has 4 heterocycles. The van der Waals surface area contributed by atoms with Crippen LogP contribution in [-0.4, -0.2) is 75.1 Å². The van der Waals surface area contributed by atoms with Crippen LogP contribution in [0.4, 0.5) is 10.3 Å². The third kappa shape index (κ3) is 3.59. The molecule has 3 aliphatic heterocycles. The lowest BCUT2D eigenvalue weighted by Gasteiger charge is -2.36.